The zero-order valence-corrected chi connectivity index (χ0v) is 11.9. The van der Waals surface area contributed by atoms with E-state index in [0.717, 1.165) is 50.6 Å². The number of hydrogen-bond donors (Lipinski definition) is 1. The molecule has 0 bridgehead atoms. The molecule has 1 unspecified atom stereocenters. The Hall–Kier alpha value is -1.42. The van der Waals surface area contributed by atoms with Crippen LogP contribution >= 0.6 is 0 Å². The summed E-state index contributed by atoms with van der Waals surface area (Å²) in [6.45, 7) is 1.35. The van der Waals surface area contributed by atoms with Gasteiger partial charge in [-0.3, -0.25) is 9.78 Å². The van der Waals surface area contributed by atoms with Crippen LogP contribution in [0.25, 0.3) is 0 Å². The number of nitrogens with zero attached hydrogens (tertiary/aromatic N) is 2. The molecule has 2 heterocycles. The number of hydrogen-bond acceptors (Lipinski definition) is 3. The standard InChI is InChI=1S/C16H23N3O/c17-12-16(7-1-2-8-16)15(20)19-10-4-6-14(19)13-5-3-9-18-11-13/h3,5,9,11,14H,1-2,4,6-8,10,12,17H2. The fourth-order valence-corrected chi connectivity index (χ4v) is 3.79. The van der Waals surface area contributed by atoms with Crippen LogP contribution in [0.15, 0.2) is 24.5 Å². The molecular weight excluding hydrogens is 250 g/mol. The molecule has 0 radical (unpaired) electrons. The quantitative estimate of drug-likeness (QED) is 0.919. The van der Waals surface area contributed by atoms with Gasteiger partial charge in [0.15, 0.2) is 0 Å². The maximum absolute atomic E-state index is 13.0. The average Bonchev–Trinajstić information content (AvgIpc) is 3.17. The highest BCUT2D eigenvalue weighted by Gasteiger charge is 2.45. The monoisotopic (exact) mass is 273 g/mol. The third kappa shape index (κ3) is 2.22. The summed E-state index contributed by atoms with van der Waals surface area (Å²) in [4.78, 5) is 19.3. The van der Waals surface area contributed by atoms with Gasteiger partial charge >= 0.3 is 0 Å². The first-order valence-electron chi connectivity index (χ1n) is 7.68. The molecule has 20 heavy (non-hydrogen) atoms. The van der Waals surface area contributed by atoms with Crippen molar-refractivity contribution in [2.75, 3.05) is 13.1 Å². The van der Waals surface area contributed by atoms with Crippen LogP contribution < -0.4 is 5.73 Å². The van der Waals surface area contributed by atoms with Crippen LogP contribution in [0.3, 0.4) is 0 Å². The molecule has 1 aliphatic heterocycles. The Balaban J connectivity index is 1.83. The summed E-state index contributed by atoms with van der Waals surface area (Å²) in [7, 11) is 0. The number of carbonyl (C=O) groups is 1. The Bertz CT molecular complexity index is 468. The molecule has 2 fully saturated rings. The van der Waals surface area contributed by atoms with Crippen molar-refractivity contribution in [3.63, 3.8) is 0 Å². The van der Waals surface area contributed by atoms with Crippen molar-refractivity contribution in [1.82, 2.24) is 9.88 Å². The van der Waals surface area contributed by atoms with Crippen LogP contribution in [-0.4, -0.2) is 28.9 Å². The first kappa shape index (κ1) is 13.6. The van der Waals surface area contributed by atoms with E-state index in [9.17, 15) is 4.79 Å². The molecule has 3 rings (SSSR count). The summed E-state index contributed by atoms with van der Waals surface area (Å²) in [5, 5.41) is 0. The van der Waals surface area contributed by atoms with Gasteiger partial charge in [0, 0.05) is 25.5 Å². The smallest absolute Gasteiger partial charge is 0.230 e. The van der Waals surface area contributed by atoms with Crippen molar-refractivity contribution >= 4 is 5.91 Å². The van der Waals surface area contributed by atoms with Crippen LogP contribution in [0.1, 0.15) is 50.1 Å². The summed E-state index contributed by atoms with van der Waals surface area (Å²) >= 11 is 0. The maximum Gasteiger partial charge on any atom is 0.230 e. The topological polar surface area (TPSA) is 59.2 Å². The van der Waals surface area contributed by atoms with E-state index in [0.29, 0.717) is 6.54 Å². The van der Waals surface area contributed by atoms with Crippen LogP contribution in [0.4, 0.5) is 0 Å². The minimum Gasteiger partial charge on any atom is -0.335 e. The maximum atomic E-state index is 13.0. The highest BCUT2D eigenvalue weighted by molar-refractivity contribution is 5.84. The Morgan fingerprint density at radius 3 is 2.85 bits per heavy atom. The van der Waals surface area contributed by atoms with Gasteiger partial charge in [-0.15, -0.1) is 0 Å². The predicted octanol–water partition coefficient (Wildman–Crippen LogP) is 2.26. The van der Waals surface area contributed by atoms with Crippen molar-refractivity contribution in [2.45, 2.75) is 44.6 Å². The molecule has 0 spiro atoms. The highest BCUT2D eigenvalue weighted by Crippen LogP contribution is 2.42. The minimum atomic E-state index is -0.287. The number of likely N-dealkylation sites (tertiary alicyclic amines) is 1. The van der Waals surface area contributed by atoms with Crippen LogP contribution in [0.2, 0.25) is 0 Å². The SMILES string of the molecule is NCC1(C(=O)N2CCCC2c2cccnc2)CCCC1. The third-order valence-electron chi connectivity index (χ3n) is 4.99. The Kier molecular flexibility index (Phi) is 3.74. The lowest BCUT2D eigenvalue weighted by Gasteiger charge is -2.34. The summed E-state index contributed by atoms with van der Waals surface area (Å²) in [6, 6.07) is 4.22. The van der Waals surface area contributed by atoms with E-state index in [-0.39, 0.29) is 17.4 Å². The van der Waals surface area contributed by atoms with E-state index in [4.69, 9.17) is 5.73 Å². The minimum absolute atomic E-state index is 0.195. The molecular formula is C16H23N3O. The lowest BCUT2D eigenvalue weighted by atomic mass is 9.84. The first-order valence-corrected chi connectivity index (χ1v) is 7.68. The molecule has 2 aliphatic rings. The van der Waals surface area contributed by atoms with Gasteiger partial charge in [0.2, 0.25) is 5.91 Å². The molecule has 1 amide bonds. The molecule has 4 nitrogen and oxygen atoms in total. The van der Waals surface area contributed by atoms with Gasteiger partial charge < -0.3 is 10.6 Å². The highest BCUT2D eigenvalue weighted by atomic mass is 16.2. The average molecular weight is 273 g/mol. The zero-order chi connectivity index (χ0) is 14.0. The lowest BCUT2D eigenvalue weighted by molar-refractivity contribution is -0.142. The van der Waals surface area contributed by atoms with Crippen LogP contribution in [-0.2, 0) is 4.79 Å². The zero-order valence-electron chi connectivity index (χ0n) is 11.9. The third-order valence-corrected chi connectivity index (χ3v) is 4.99. The van der Waals surface area contributed by atoms with Crippen molar-refractivity contribution in [1.29, 1.82) is 0 Å². The number of nitrogens with two attached hydrogens (primary N) is 1. The Labute approximate surface area is 120 Å². The molecule has 1 aliphatic carbocycles. The fourth-order valence-electron chi connectivity index (χ4n) is 3.79. The molecule has 108 valence electrons. The second-order valence-corrected chi connectivity index (χ2v) is 6.13. The summed E-state index contributed by atoms with van der Waals surface area (Å²) in [5.74, 6) is 0.281. The number of pyridine rings is 1. The van der Waals surface area contributed by atoms with E-state index < -0.39 is 0 Å². The van der Waals surface area contributed by atoms with Crippen LogP contribution in [0, 0.1) is 5.41 Å². The fraction of sp³-hybridized carbons (Fsp3) is 0.625. The van der Waals surface area contributed by atoms with E-state index in [1.165, 1.54) is 0 Å². The van der Waals surface area contributed by atoms with E-state index >= 15 is 0 Å². The lowest BCUT2D eigenvalue weighted by Crippen LogP contribution is -2.46. The van der Waals surface area contributed by atoms with Gasteiger partial charge in [-0.25, -0.2) is 0 Å². The van der Waals surface area contributed by atoms with Crippen molar-refractivity contribution in [3.8, 4) is 0 Å². The second-order valence-electron chi connectivity index (χ2n) is 6.13. The van der Waals surface area contributed by atoms with Crippen molar-refractivity contribution in [2.24, 2.45) is 11.1 Å². The van der Waals surface area contributed by atoms with Crippen LogP contribution in [0.5, 0.6) is 0 Å². The van der Waals surface area contributed by atoms with Gasteiger partial charge in [-0.2, -0.15) is 0 Å². The van der Waals surface area contributed by atoms with E-state index in [2.05, 4.69) is 16.0 Å². The van der Waals surface area contributed by atoms with Gasteiger partial charge in [-0.05, 0) is 37.3 Å². The Morgan fingerprint density at radius 1 is 1.40 bits per heavy atom. The molecule has 0 aromatic carbocycles. The van der Waals surface area contributed by atoms with E-state index in [1.807, 2.05) is 12.3 Å². The summed E-state index contributed by atoms with van der Waals surface area (Å²) < 4.78 is 0. The first-order chi connectivity index (χ1) is 9.77. The van der Waals surface area contributed by atoms with E-state index in [1.54, 1.807) is 6.20 Å². The number of aromatic nitrogens is 1. The molecule has 1 aromatic heterocycles. The van der Waals surface area contributed by atoms with Crippen molar-refractivity contribution in [3.05, 3.63) is 30.1 Å². The summed E-state index contributed by atoms with van der Waals surface area (Å²) in [6.07, 6.45) is 9.97. The molecule has 1 saturated carbocycles. The van der Waals surface area contributed by atoms with Gasteiger partial charge in [0.05, 0.1) is 11.5 Å². The molecule has 1 aromatic rings. The Morgan fingerprint density at radius 2 is 2.20 bits per heavy atom. The molecule has 2 N–H and O–H groups in total. The molecule has 1 saturated heterocycles. The van der Waals surface area contributed by atoms with Gasteiger partial charge in [0.25, 0.3) is 0 Å². The normalized spacial score (nSPS) is 25.1. The number of amides is 1. The van der Waals surface area contributed by atoms with Gasteiger partial charge in [0.1, 0.15) is 0 Å². The number of rotatable bonds is 3. The largest absolute Gasteiger partial charge is 0.335 e. The number of carbonyl (C=O) groups excluding carboxylic acids is 1. The summed E-state index contributed by atoms with van der Waals surface area (Å²) in [5.41, 5.74) is 6.83. The second kappa shape index (κ2) is 5.52. The molecule has 1 atom stereocenters. The predicted molar refractivity (Wildman–Crippen MR) is 77.9 cm³/mol. The van der Waals surface area contributed by atoms with Crippen molar-refractivity contribution < 1.29 is 4.79 Å². The van der Waals surface area contributed by atoms with Gasteiger partial charge in [-0.1, -0.05) is 18.9 Å². The molecule has 4 heteroatoms.